The summed E-state index contributed by atoms with van der Waals surface area (Å²) < 4.78 is 28.1. The lowest BCUT2D eigenvalue weighted by Gasteiger charge is -2.26. The zero-order chi connectivity index (χ0) is 14.8. The van der Waals surface area contributed by atoms with Gasteiger partial charge < -0.3 is 9.47 Å². The summed E-state index contributed by atoms with van der Waals surface area (Å²) in [4.78, 5) is 18.1. The van der Waals surface area contributed by atoms with Crippen LogP contribution >= 0.6 is 0 Å². The molecule has 0 bridgehead atoms. The topological polar surface area (TPSA) is 38.1 Å². The number of nitrogens with zero attached hydrogens (tertiary/aromatic N) is 3. The van der Waals surface area contributed by atoms with Crippen LogP contribution in [0.2, 0.25) is 0 Å². The maximum Gasteiger partial charge on any atom is 0.269 e. The number of benzene rings is 1. The van der Waals surface area contributed by atoms with Crippen LogP contribution in [0.5, 0.6) is 0 Å². The highest BCUT2D eigenvalue weighted by molar-refractivity contribution is 5.74. The predicted octanol–water partition coefficient (Wildman–Crippen LogP) is 1.97. The first kappa shape index (κ1) is 14.1. The van der Waals surface area contributed by atoms with Crippen molar-refractivity contribution in [3.05, 3.63) is 46.7 Å². The van der Waals surface area contributed by atoms with Crippen LogP contribution in [0.25, 0.3) is 11.0 Å². The van der Waals surface area contributed by atoms with E-state index in [2.05, 4.69) is 16.3 Å². The van der Waals surface area contributed by atoms with E-state index in [4.69, 9.17) is 0 Å². The molecule has 0 unspecified atom stereocenters. The third-order valence-electron chi connectivity index (χ3n) is 3.83. The fourth-order valence-corrected chi connectivity index (χ4v) is 2.66. The second-order valence-corrected chi connectivity index (χ2v) is 5.21. The first-order valence-electron chi connectivity index (χ1n) is 7.04. The molecule has 0 amide bonds. The molecule has 1 saturated heterocycles. The predicted molar refractivity (Wildman–Crippen MR) is 75.9 cm³/mol. The number of piperidine rings is 1. The summed E-state index contributed by atoms with van der Waals surface area (Å²) in [6, 6.07) is 2.07. The molecule has 1 aliphatic heterocycles. The standard InChI is InChI=1S/C15H16F2N3O/c16-11-8-13-14(9-12(11)17)20(15(21)10-18-13)7-6-19-4-2-1-3-5-19/h1,8-10H,2-7H2. The fourth-order valence-electron chi connectivity index (χ4n) is 2.66. The maximum absolute atomic E-state index is 13.4. The number of fused-ring (bicyclic) bond motifs is 1. The van der Waals surface area contributed by atoms with Crippen LogP contribution in [0, 0.1) is 18.1 Å². The number of halogens is 2. The number of hydrogen-bond donors (Lipinski definition) is 0. The minimum Gasteiger partial charge on any atom is -0.304 e. The van der Waals surface area contributed by atoms with Crippen molar-refractivity contribution in [2.45, 2.75) is 19.4 Å². The summed E-state index contributed by atoms with van der Waals surface area (Å²) in [6.45, 7) is 3.11. The molecule has 1 fully saturated rings. The van der Waals surface area contributed by atoms with Gasteiger partial charge in [0.2, 0.25) is 0 Å². The largest absolute Gasteiger partial charge is 0.304 e. The molecule has 0 N–H and O–H groups in total. The second-order valence-electron chi connectivity index (χ2n) is 5.21. The third kappa shape index (κ3) is 2.95. The quantitative estimate of drug-likeness (QED) is 0.868. The van der Waals surface area contributed by atoms with Gasteiger partial charge in [0, 0.05) is 25.2 Å². The molecule has 0 saturated carbocycles. The normalized spacial score (nSPS) is 16.5. The highest BCUT2D eigenvalue weighted by Gasteiger charge is 2.13. The molecule has 1 aliphatic rings. The van der Waals surface area contributed by atoms with Gasteiger partial charge in [0.25, 0.3) is 5.56 Å². The second kappa shape index (κ2) is 5.89. The molecule has 111 valence electrons. The van der Waals surface area contributed by atoms with E-state index in [1.165, 1.54) is 4.57 Å². The Morgan fingerprint density at radius 3 is 2.57 bits per heavy atom. The molecule has 6 heteroatoms. The van der Waals surface area contributed by atoms with Gasteiger partial charge in [-0.05, 0) is 32.4 Å². The van der Waals surface area contributed by atoms with E-state index >= 15 is 0 Å². The number of hydrogen-bond acceptors (Lipinski definition) is 3. The average Bonchev–Trinajstić information content (AvgIpc) is 2.49. The Balaban J connectivity index is 1.91. The Kier molecular flexibility index (Phi) is 3.96. The van der Waals surface area contributed by atoms with Crippen molar-refractivity contribution < 1.29 is 8.78 Å². The van der Waals surface area contributed by atoms with Crippen molar-refractivity contribution >= 4 is 11.0 Å². The molecular formula is C15H16F2N3O. The molecule has 1 aromatic carbocycles. The third-order valence-corrected chi connectivity index (χ3v) is 3.83. The first-order valence-corrected chi connectivity index (χ1v) is 7.04. The summed E-state index contributed by atoms with van der Waals surface area (Å²) >= 11 is 0. The van der Waals surface area contributed by atoms with Crippen molar-refractivity contribution in [3.63, 3.8) is 0 Å². The average molecular weight is 292 g/mol. The lowest BCUT2D eigenvalue weighted by Crippen LogP contribution is -2.35. The minimum absolute atomic E-state index is 0.292. The van der Waals surface area contributed by atoms with Gasteiger partial charge in [-0.1, -0.05) is 0 Å². The Labute approximate surface area is 121 Å². The minimum atomic E-state index is -0.962. The first-order chi connectivity index (χ1) is 10.1. The summed E-state index contributed by atoms with van der Waals surface area (Å²) in [5, 5.41) is 0. The van der Waals surface area contributed by atoms with Crippen LogP contribution in [-0.4, -0.2) is 34.1 Å². The molecule has 2 aromatic rings. The van der Waals surface area contributed by atoms with Crippen molar-refractivity contribution in [1.29, 1.82) is 0 Å². The van der Waals surface area contributed by atoms with Crippen LogP contribution in [0.4, 0.5) is 8.78 Å². The van der Waals surface area contributed by atoms with E-state index < -0.39 is 11.6 Å². The van der Waals surface area contributed by atoms with Gasteiger partial charge in [-0.2, -0.15) is 0 Å². The van der Waals surface area contributed by atoms with Gasteiger partial charge in [0.15, 0.2) is 11.6 Å². The Hall–Kier alpha value is -1.82. The number of rotatable bonds is 3. The lowest BCUT2D eigenvalue weighted by atomic mass is 10.1. The van der Waals surface area contributed by atoms with E-state index in [-0.39, 0.29) is 5.56 Å². The molecule has 1 radical (unpaired) electrons. The smallest absolute Gasteiger partial charge is 0.269 e. The number of aromatic nitrogens is 2. The molecule has 4 nitrogen and oxygen atoms in total. The van der Waals surface area contributed by atoms with Crippen LogP contribution < -0.4 is 5.56 Å². The van der Waals surface area contributed by atoms with Gasteiger partial charge in [-0.25, -0.2) is 13.8 Å². The molecule has 3 rings (SSSR count). The van der Waals surface area contributed by atoms with E-state index in [0.29, 0.717) is 24.1 Å². The zero-order valence-electron chi connectivity index (χ0n) is 11.6. The van der Waals surface area contributed by atoms with E-state index in [9.17, 15) is 13.6 Å². The molecule has 0 aliphatic carbocycles. The van der Waals surface area contributed by atoms with E-state index in [1.54, 1.807) is 0 Å². The molecular weight excluding hydrogens is 276 g/mol. The van der Waals surface area contributed by atoms with E-state index in [1.807, 2.05) is 0 Å². The van der Waals surface area contributed by atoms with E-state index in [0.717, 1.165) is 44.3 Å². The summed E-state index contributed by atoms with van der Waals surface area (Å²) in [5.41, 5.74) is 0.336. The molecule has 1 aromatic heterocycles. The summed E-state index contributed by atoms with van der Waals surface area (Å²) in [6.07, 6.45) is 5.50. The summed E-state index contributed by atoms with van der Waals surface area (Å²) in [7, 11) is 0. The molecule has 2 heterocycles. The molecule has 0 atom stereocenters. The maximum atomic E-state index is 13.4. The summed E-state index contributed by atoms with van der Waals surface area (Å²) in [5.74, 6) is -1.91. The van der Waals surface area contributed by atoms with Crippen molar-refractivity contribution in [3.8, 4) is 0 Å². The molecule has 21 heavy (non-hydrogen) atoms. The highest BCUT2D eigenvalue weighted by Crippen LogP contribution is 2.15. The number of likely N-dealkylation sites (tertiary alicyclic amines) is 1. The Morgan fingerprint density at radius 2 is 1.81 bits per heavy atom. The van der Waals surface area contributed by atoms with Gasteiger partial charge in [-0.15, -0.1) is 0 Å². The van der Waals surface area contributed by atoms with Gasteiger partial charge in [-0.3, -0.25) is 4.79 Å². The van der Waals surface area contributed by atoms with Crippen molar-refractivity contribution in [2.24, 2.45) is 0 Å². The van der Waals surface area contributed by atoms with Crippen molar-refractivity contribution in [1.82, 2.24) is 14.5 Å². The van der Waals surface area contributed by atoms with Gasteiger partial charge in [0.05, 0.1) is 17.2 Å². The van der Waals surface area contributed by atoms with Crippen LogP contribution in [0.1, 0.15) is 12.8 Å². The lowest BCUT2D eigenvalue weighted by molar-refractivity contribution is 0.244. The van der Waals surface area contributed by atoms with Gasteiger partial charge >= 0.3 is 0 Å². The Bertz CT molecular complexity index is 708. The van der Waals surface area contributed by atoms with Crippen LogP contribution in [0.3, 0.4) is 0 Å². The Morgan fingerprint density at radius 1 is 1.10 bits per heavy atom. The monoisotopic (exact) mass is 292 g/mol. The fraction of sp³-hybridized carbons (Fsp3) is 0.400. The van der Waals surface area contributed by atoms with Crippen LogP contribution in [0.15, 0.2) is 23.1 Å². The van der Waals surface area contributed by atoms with Crippen LogP contribution in [-0.2, 0) is 6.54 Å². The highest BCUT2D eigenvalue weighted by atomic mass is 19.2. The SMILES string of the molecule is O=c1cnc2cc(F)c(F)cc2n1CCN1CC[CH]CC1. The molecule has 0 spiro atoms. The van der Waals surface area contributed by atoms with Gasteiger partial charge in [0.1, 0.15) is 0 Å². The van der Waals surface area contributed by atoms with Crippen molar-refractivity contribution in [2.75, 3.05) is 19.6 Å². The zero-order valence-corrected chi connectivity index (χ0v) is 11.6.